The summed E-state index contributed by atoms with van der Waals surface area (Å²) in [5.74, 6) is 3.20. The number of ether oxygens (including phenoxy) is 2. The van der Waals surface area contributed by atoms with Gasteiger partial charge in [-0.2, -0.15) is 0 Å². The minimum absolute atomic E-state index is 0.238. The van der Waals surface area contributed by atoms with Gasteiger partial charge in [-0.05, 0) is 37.4 Å². The van der Waals surface area contributed by atoms with E-state index >= 15 is 0 Å². The van der Waals surface area contributed by atoms with Crippen molar-refractivity contribution in [2.45, 2.75) is 32.6 Å². The lowest BCUT2D eigenvalue weighted by Gasteiger charge is -2.17. The van der Waals surface area contributed by atoms with Crippen LogP contribution in [0.2, 0.25) is 0 Å². The molecule has 0 aromatic heterocycles. The van der Waals surface area contributed by atoms with Gasteiger partial charge in [0.25, 0.3) is 0 Å². The average Bonchev–Trinajstić information content (AvgIpc) is 3.09. The quantitative estimate of drug-likeness (QED) is 0.830. The molecular formula is C17H27NO2. The summed E-state index contributed by atoms with van der Waals surface area (Å²) in [5, 5.41) is 3.57. The van der Waals surface area contributed by atoms with Crippen molar-refractivity contribution in [3.05, 3.63) is 23.8 Å². The number of hydrogen-bond donors (Lipinski definition) is 1. The summed E-state index contributed by atoms with van der Waals surface area (Å²) in [6, 6.07) is 6.16. The molecule has 1 aromatic rings. The van der Waals surface area contributed by atoms with E-state index in [0.29, 0.717) is 11.8 Å². The molecule has 1 N–H and O–H groups in total. The van der Waals surface area contributed by atoms with Crippen LogP contribution in [0.1, 0.15) is 32.8 Å². The molecular weight excluding hydrogens is 250 g/mol. The van der Waals surface area contributed by atoms with E-state index in [9.17, 15) is 0 Å². The van der Waals surface area contributed by atoms with Crippen molar-refractivity contribution in [1.29, 1.82) is 0 Å². The fourth-order valence-electron chi connectivity index (χ4n) is 2.90. The van der Waals surface area contributed by atoms with Gasteiger partial charge in [0.05, 0.1) is 14.2 Å². The maximum atomic E-state index is 5.54. The van der Waals surface area contributed by atoms with Crippen LogP contribution in [0.15, 0.2) is 18.2 Å². The molecule has 0 bridgehead atoms. The highest BCUT2D eigenvalue weighted by molar-refractivity contribution is 5.48. The maximum Gasteiger partial charge on any atom is 0.126 e. The molecule has 2 rings (SSSR count). The van der Waals surface area contributed by atoms with Crippen LogP contribution in [-0.2, 0) is 5.41 Å². The van der Waals surface area contributed by atoms with Crippen molar-refractivity contribution in [2.24, 2.45) is 11.8 Å². The van der Waals surface area contributed by atoms with Gasteiger partial charge in [0.2, 0.25) is 0 Å². The summed E-state index contributed by atoms with van der Waals surface area (Å²) in [5.41, 5.74) is 1.54. The normalized spacial score (nSPS) is 24.8. The monoisotopic (exact) mass is 277 g/mol. The van der Waals surface area contributed by atoms with E-state index in [1.165, 1.54) is 12.0 Å². The average molecular weight is 277 g/mol. The Morgan fingerprint density at radius 2 is 2.05 bits per heavy atom. The second-order valence-corrected chi connectivity index (χ2v) is 6.44. The lowest BCUT2D eigenvalue weighted by Crippen LogP contribution is -2.24. The van der Waals surface area contributed by atoms with Crippen molar-refractivity contribution in [1.82, 2.24) is 5.32 Å². The molecule has 3 nitrogen and oxygen atoms in total. The van der Waals surface area contributed by atoms with Gasteiger partial charge in [-0.15, -0.1) is 0 Å². The van der Waals surface area contributed by atoms with Gasteiger partial charge >= 0.3 is 0 Å². The SMILES string of the molecule is COc1ccc(C2(C)CC2CNCC(C)C)c(OC)c1. The van der Waals surface area contributed by atoms with Crippen molar-refractivity contribution in [3.8, 4) is 11.5 Å². The molecule has 2 unspecified atom stereocenters. The fourth-order valence-corrected chi connectivity index (χ4v) is 2.90. The van der Waals surface area contributed by atoms with Crippen LogP contribution < -0.4 is 14.8 Å². The van der Waals surface area contributed by atoms with Crippen molar-refractivity contribution >= 4 is 0 Å². The third kappa shape index (κ3) is 3.09. The van der Waals surface area contributed by atoms with Gasteiger partial charge in [-0.1, -0.05) is 26.8 Å². The third-order valence-electron chi connectivity index (χ3n) is 4.38. The lowest BCUT2D eigenvalue weighted by atomic mass is 9.94. The first kappa shape index (κ1) is 15.2. The Morgan fingerprint density at radius 3 is 2.65 bits per heavy atom. The first-order valence-corrected chi connectivity index (χ1v) is 7.44. The molecule has 1 saturated carbocycles. The molecule has 20 heavy (non-hydrogen) atoms. The largest absolute Gasteiger partial charge is 0.497 e. The maximum absolute atomic E-state index is 5.54. The van der Waals surface area contributed by atoms with E-state index in [1.54, 1.807) is 14.2 Å². The summed E-state index contributed by atoms with van der Waals surface area (Å²) >= 11 is 0. The summed E-state index contributed by atoms with van der Waals surface area (Å²) in [4.78, 5) is 0. The highest BCUT2D eigenvalue weighted by Gasteiger charge is 2.52. The molecule has 0 amide bonds. The highest BCUT2D eigenvalue weighted by Crippen LogP contribution is 2.56. The van der Waals surface area contributed by atoms with E-state index < -0.39 is 0 Å². The van der Waals surface area contributed by atoms with E-state index in [4.69, 9.17) is 9.47 Å². The van der Waals surface area contributed by atoms with Gasteiger partial charge in [-0.3, -0.25) is 0 Å². The number of methoxy groups -OCH3 is 2. The summed E-state index contributed by atoms with van der Waals surface area (Å²) in [6.07, 6.45) is 1.22. The zero-order chi connectivity index (χ0) is 14.8. The minimum atomic E-state index is 0.238. The van der Waals surface area contributed by atoms with Crippen LogP contribution in [0.4, 0.5) is 0 Å². The van der Waals surface area contributed by atoms with Crippen molar-refractivity contribution in [2.75, 3.05) is 27.3 Å². The van der Waals surface area contributed by atoms with Crippen LogP contribution in [0, 0.1) is 11.8 Å². The first-order valence-electron chi connectivity index (χ1n) is 7.44. The zero-order valence-electron chi connectivity index (χ0n) is 13.3. The van der Waals surface area contributed by atoms with Crippen LogP contribution >= 0.6 is 0 Å². The molecule has 112 valence electrons. The van der Waals surface area contributed by atoms with Gasteiger partial charge in [0, 0.05) is 17.0 Å². The van der Waals surface area contributed by atoms with E-state index in [1.807, 2.05) is 12.1 Å². The Balaban J connectivity index is 2.05. The van der Waals surface area contributed by atoms with Gasteiger partial charge in [0.1, 0.15) is 11.5 Å². The Labute approximate surface area is 122 Å². The van der Waals surface area contributed by atoms with Crippen molar-refractivity contribution < 1.29 is 9.47 Å². The zero-order valence-corrected chi connectivity index (χ0v) is 13.3. The molecule has 0 radical (unpaired) electrons. The molecule has 0 aliphatic heterocycles. The molecule has 0 heterocycles. The molecule has 0 spiro atoms. The Bertz CT molecular complexity index is 458. The molecule has 1 fully saturated rings. The third-order valence-corrected chi connectivity index (χ3v) is 4.38. The fraction of sp³-hybridized carbons (Fsp3) is 0.647. The minimum Gasteiger partial charge on any atom is -0.497 e. The second kappa shape index (κ2) is 6.04. The summed E-state index contributed by atoms with van der Waals surface area (Å²) in [6.45, 7) is 8.99. The standard InChI is InChI=1S/C17H27NO2/c1-12(2)10-18-11-13-9-17(13,3)15-7-6-14(19-4)8-16(15)20-5/h6-8,12-13,18H,9-11H2,1-5H3. The topological polar surface area (TPSA) is 30.5 Å². The molecule has 1 aliphatic carbocycles. The van der Waals surface area contributed by atoms with Crippen molar-refractivity contribution in [3.63, 3.8) is 0 Å². The van der Waals surface area contributed by atoms with E-state index in [0.717, 1.165) is 24.6 Å². The Morgan fingerprint density at radius 1 is 1.30 bits per heavy atom. The Kier molecular flexibility index (Phi) is 4.59. The van der Waals surface area contributed by atoms with Crippen LogP contribution in [0.3, 0.4) is 0 Å². The smallest absolute Gasteiger partial charge is 0.126 e. The molecule has 3 heteroatoms. The second-order valence-electron chi connectivity index (χ2n) is 6.44. The summed E-state index contributed by atoms with van der Waals surface area (Å²) < 4.78 is 10.8. The number of hydrogen-bond acceptors (Lipinski definition) is 3. The van der Waals surface area contributed by atoms with Gasteiger partial charge in [0.15, 0.2) is 0 Å². The first-order chi connectivity index (χ1) is 9.51. The van der Waals surface area contributed by atoms with E-state index in [2.05, 4.69) is 32.2 Å². The predicted molar refractivity (Wildman–Crippen MR) is 82.7 cm³/mol. The van der Waals surface area contributed by atoms with Crippen LogP contribution in [-0.4, -0.2) is 27.3 Å². The molecule has 1 aliphatic rings. The predicted octanol–water partition coefficient (Wildman–Crippen LogP) is 3.23. The van der Waals surface area contributed by atoms with Gasteiger partial charge < -0.3 is 14.8 Å². The number of nitrogens with one attached hydrogen (secondary N) is 1. The van der Waals surface area contributed by atoms with Gasteiger partial charge in [-0.25, -0.2) is 0 Å². The number of rotatable bonds is 7. The number of benzene rings is 1. The van der Waals surface area contributed by atoms with Crippen LogP contribution in [0.5, 0.6) is 11.5 Å². The molecule has 0 saturated heterocycles. The molecule has 1 aromatic carbocycles. The molecule has 2 atom stereocenters. The Hall–Kier alpha value is -1.22. The highest BCUT2D eigenvalue weighted by atomic mass is 16.5. The van der Waals surface area contributed by atoms with E-state index in [-0.39, 0.29) is 5.41 Å². The summed E-state index contributed by atoms with van der Waals surface area (Å²) in [7, 11) is 3.42. The lowest BCUT2D eigenvalue weighted by molar-refractivity contribution is 0.386. The van der Waals surface area contributed by atoms with Crippen LogP contribution in [0.25, 0.3) is 0 Å².